The van der Waals surface area contributed by atoms with Crippen molar-refractivity contribution >= 4 is 23.6 Å². The van der Waals surface area contributed by atoms with Crippen molar-refractivity contribution in [1.29, 1.82) is 0 Å². The first-order valence-corrected chi connectivity index (χ1v) is 13.9. The van der Waals surface area contributed by atoms with Crippen LogP contribution in [0.1, 0.15) is 83.2 Å². The molecule has 3 heterocycles. The van der Waals surface area contributed by atoms with Crippen LogP contribution in [-0.4, -0.2) is 76.2 Å². The normalized spacial score (nSPS) is 25.1. The van der Waals surface area contributed by atoms with E-state index in [1.807, 2.05) is 32.6 Å². The van der Waals surface area contributed by atoms with Gasteiger partial charge in [-0.15, -0.1) is 0 Å². The smallest absolute Gasteiger partial charge is 0.291 e. The Morgan fingerprint density at radius 3 is 2.38 bits per heavy atom. The Kier molecular flexibility index (Phi) is 8.60. The van der Waals surface area contributed by atoms with Gasteiger partial charge in [-0.1, -0.05) is 47.0 Å². The highest BCUT2D eigenvalue weighted by Gasteiger charge is 2.52. The maximum atomic E-state index is 13.8. The zero-order valence-electron chi connectivity index (χ0n) is 22.7. The average molecular weight is 515 g/mol. The number of furan rings is 1. The van der Waals surface area contributed by atoms with Crippen molar-refractivity contribution < 1.29 is 23.6 Å². The van der Waals surface area contributed by atoms with Crippen LogP contribution < -0.4 is 5.32 Å². The summed E-state index contributed by atoms with van der Waals surface area (Å²) in [7, 11) is 0. The molecule has 2 aliphatic heterocycles. The highest BCUT2D eigenvalue weighted by molar-refractivity contribution is 5.98. The van der Waals surface area contributed by atoms with E-state index in [4.69, 9.17) is 4.42 Å². The van der Waals surface area contributed by atoms with Crippen molar-refractivity contribution in [2.24, 2.45) is 17.8 Å². The molecule has 1 aromatic heterocycles. The summed E-state index contributed by atoms with van der Waals surface area (Å²) in [6.07, 6.45) is 7.42. The van der Waals surface area contributed by atoms with E-state index in [9.17, 15) is 19.2 Å². The largest absolute Gasteiger partial charge is 0.459 e. The predicted octanol–water partition coefficient (Wildman–Crippen LogP) is 3.26. The van der Waals surface area contributed by atoms with Crippen molar-refractivity contribution in [2.75, 3.05) is 19.6 Å². The lowest BCUT2D eigenvalue weighted by Gasteiger charge is -2.54. The van der Waals surface area contributed by atoms with Gasteiger partial charge in [-0.3, -0.25) is 19.2 Å². The second-order valence-electron chi connectivity index (χ2n) is 11.8. The van der Waals surface area contributed by atoms with Gasteiger partial charge in [0.1, 0.15) is 18.2 Å². The molecule has 0 spiro atoms. The van der Waals surface area contributed by atoms with Crippen LogP contribution in [0.3, 0.4) is 0 Å². The molecule has 0 bridgehead atoms. The topological polar surface area (TPSA) is 103 Å². The van der Waals surface area contributed by atoms with Gasteiger partial charge in [0.25, 0.3) is 5.91 Å². The van der Waals surface area contributed by atoms with Gasteiger partial charge in [-0.25, -0.2) is 0 Å². The van der Waals surface area contributed by atoms with Crippen molar-refractivity contribution in [3.63, 3.8) is 0 Å². The number of carbonyl (C=O) groups excluding carboxylic acids is 4. The molecule has 37 heavy (non-hydrogen) atoms. The number of nitrogens with zero attached hydrogens (tertiary/aromatic N) is 3. The Bertz CT molecular complexity index is 969. The number of amides is 4. The van der Waals surface area contributed by atoms with Gasteiger partial charge in [0.15, 0.2) is 5.76 Å². The zero-order chi connectivity index (χ0) is 26.7. The second kappa shape index (κ2) is 11.7. The first kappa shape index (κ1) is 27.2. The number of hydrogen-bond acceptors (Lipinski definition) is 5. The van der Waals surface area contributed by atoms with Crippen molar-refractivity contribution in [3.8, 4) is 0 Å². The molecular formula is C28H42N4O5. The first-order chi connectivity index (χ1) is 17.7. The highest BCUT2D eigenvalue weighted by Crippen LogP contribution is 2.32. The molecule has 4 amide bonds. The molecule has 0 aromatic carbocycles. The number of hydrogen-bond donors (Lipinski definition) is 1. The minimum atomic E-state index is -0.909. The van der Waals surface area contributed by atoms with E-state index in [2.05, 4.69) is 5.32 Å². The van der Waals surface area contributed by atoms with E-state index >= 15 is 0 Å². The van der Waals surface area contributed by atoms with Crippen LogP contribution in [-0.2, 0) is 14.4 Å². The van der Waals surface area contributed by atoms with E-state index in [1.165, 1.54) is 25.5 Å². The molecule has 204 valence electrons. The van der Waals surface area contributed by atoms with Crippen LogP contribution in [0.15, 0.2) is 22.8 Å². The summed E-state index contributed by atoms with van der Waals surface area (Å²) in [6.45, 7) is 8.91. The summed E-state index contributed by atoms with van der Waals surface area (Å²) in [5.74, 6) is 0.00220. The van der Waals surface area contributed by atoms with Gasteiger partial charge >= 0.3 is 0 Å². The molecule has 0 radical (unpaired) electrons. The lowest BCUT2D eigenvalue weighted by Crippen LogP contribution is -2.76. The third-order valence-electron chi connectivity index (χ3n) is 7.75. The van der Waals surface area contributed by atoms with E-state index in [0.29, 0.717) is 18.9 Å². The van der Waals surface area contributed by atoms with Crippen LogP contribution in [0.25, 0.3) is 0 Å². The van der Waals surface area contributed by atoms with Crippen molar-refractivity contribution in [3.05, 3.63) is 24.2 Å². The summed E-state index contributed by atoms with van der Waals surface area (Å²) in [4.78, 5) is 59.0. The number of carbonyl (C=O) groups is 4. The summed E-state index contributed by atoms with van der Waals surface area (Å²) in [5.41, 5.74) is 0. The number of rotatable bonds is 8. The molecule has 1 unspecified atom stereocenters. The molecule has 9 nitrogen and oxygen atoms in total. The van der Waals surface area contributed by atoms with Crippen LogP contribution in [0.5, 0.6) is 0 Å². The monoisotopic (exact) mass is 514 g/mol. The molecule has 4 rings (SSSR count). The standard InChI is InChI=1S/C28H42N4O5/c1-18(2)13-22-27(35)30(15-20-9-6-5-7-10-20)17-25-31(28(36)23-11-8-12-37-23)16-21(26(34)32(22)25)29-24(33)14-19(3)4/h8,11-12,18-22,25H,5-7,9-10,13-17H2,1-4H3,(H,29,33)/t21-,22-,25?/m1/s1. The molecule has 1 N–H and O–H groups in total. The van der Waals surface area contributed by atoms with E-state index in [-0.39, 0.29) is 60.7 Å². The lowest BCUT2D eigenvalue weighted by molar-refractivity contribution is -0.171. The van der Waals surface area contributed by atoms with Gasteiger partial charge in [0, 0.05) is 13.0 Å². The van der Waals surface area contributed by atoms with Crippen LogP contribution in [0, 0.1) is 17.8 Å². The number of piperazine rings is 1. The maximum absolute atomic E-state index is 13.8. The molecule has 3 fully saturated rings. The number of nitrogens with one attached hydrogen (secondary N) is 1. The summed E-state index contributed by atoms with van der Waals surface area (Å²) in [5, 5.41) is 2.85. The Labute approximate surface area is 219 Å². The third kappa shape index (κ3) is 6.18. The van der Waals surface area contributed by atoms with Gasteiger partial charge < -0.3 is 24.4 Å². The lowest BCUT2D eigenvalue weighted by atomic mass is 9.87. The minimum Gasteiger partial charge on any atom is -0.459 e. The van der Waals surface area contributed by atoms with Gasteiger partial charge in [-0.05, 0) is 49.1 Å². The van der Waals surface area contributed by atoms with Crippen molar-refractivity contribution in [2.45, 2.75) is 90.9 Å². The summed E-state index contributed by atoms with van der Waals surface area (Å²) in [6, 6.07) is 1.68. The summed E-state index contributed by atoms with van der Waals surface area (Å²) < 4.78 is 5.42. The van der Waals surface area contributed by atoms with Crippen molar-refractivity contribution in [1.82, 2.24) is 20.0 Å². The summed E-state index contributed by atoms with van der Waals surface area (Å²) >= 11 is 0. The molecule has 1 aromatic rings. The van der Waals surface area contributed by atoms with E-state index in [1.54, 1.807) is 21.9 Å². The molecule has 3 atom stereocenters. The minimum absolute atomic E-state index is 0.0449. The molecule has 1 saturated carbocycles. The van der Waals surface area contributed by atoms with Gasteiger partial charge in [0.05, 0.1) is 19.4 Å². The van der Waals surface area contributed by atoms with Gasteiger partial charge in [0.2, 0.25) is 17.7 Å². The molecular weight excluding hydrogens is 472 g/mol. The second-order valence-corrected chi connectivity index (χ2v) is 11.8. The fourth-order valence-corrected chi connectivity index (χ4v) is 6.04. The quantitative estimate of drug-likeness (QED) is 0.574. The predicted molar refractivity (Wildman–Crippen MR) is 138 cm³/mol. The fraction of sp³-hybridized carbons (Fsp3) is 0.714. The molecule has 9 heteroatoms. The molecule has 3 aliphatic rings. The Morgan fingerprint density at radius 2 is 1.76 bits per heavy atom. The SMILES string of the molecule is CC(C)CC(=O)N[C@@H]1CN(C(=O)c2ccco2)C2CN(CC3CCCCC3)C(=O)[C@@H](CC(C)C)N2C1=O. The van der Waals surface area contributed by atoms with Crippen LogP contribution in [0.4, 0.5) is 0 Å². The molecule has 2 saturated heterocycles. The van der Waals surface area contributed by atoms with Gasteiger partial charge in [-0.2, -0.15) is 0 Å². The van der Waals surface area contributed by atoms with Crippen LogP contribution in [0.2, 0.25) is 0 Å². The Balaban J connectivity index is 1.66. The van der Waals surface area contributed by atoms with E-state index < -0.39 is 18.2 Å². The maximum Gasteiger partial charge on any atom is 0.291 e. The Hall–Kier alpha value is -2.84. The fourth-order valence-electron chi connectivity index (χ4n) is 6.04. The van der Waals surface area contributed by atoms with E-state index in [0.717, 1.165) is 12.8 Å². The molecule has 1 aliphatic carbocycles. The average Bonchev–Trinajstić information content (AvgIpc) is 3.38. The Morgan fingerprint density at radius 1 is 1.03 bits per heavy atom. The van der Waals surface area contributed by atoms with Crippen LogP contribution >= 0.6 is 0 Å². The zero-order valence-corrected chi connectivity index (χ0v) is 22.7. The first-order valence-electron chi connectivity index (χ1n) is 13.9. The number of fused-ring (bicyclic) bond motifs is 1. The highest BCUT2D eigenvalue weighted by atomic mass is 16.3. The third-order valence-corrected chi connectivity index (χ3v) is 7.75.